The summed E-state index contributed by atoms with van der Waals surface area (Å²) in [6.07, 6.45) is -7.64. The smallest absolute Gasteiger partial charge is 0.334 e. The average molecular weight is 426 g/mol. The lowest BCUT2D eigenvalue weighted by atomic mass is 9.79. The summed E-state index contributed by atoms with van der Waals surface area (Å²) in [5, 5.41) is 50.3. The number of hydrogen-bond donors (Lipinski definition) is 5. The average Bonchev–Trinajstić information content (AvgIpc) is 3.15. The molecule has 4 aliphatic rings. The molecule has 9 nitrogen and oxygen atoms in total. The molecule has 5 N–H and O–H groups in total. The van der Waals surface area contributed by atoms with Crippen LogP contribution in [-0.4, -0.2) is 87.1 Å². The van der Waals surface area contributed by atoms with E-state index < -0.39 is 67.5 Å². The van der Waals surface area contributed by atoms with Crippen LogP contribution in [0.3, 0.4) is 0 Å². The van der Waals surface area contributed by atoms with Crippen LogP contribution < -0.4 is 0 Å². The fourth-order valence-corrected chi connectivity index (χ4v) is 5.66. The topological polar surface area (TPSA) is 146 Å². The molecule has 168 valence electrons. The maximum absolute atomic E-state index is 12.1. The first-order chi connectivity index (χ1) is 14.1. The summed E-state index contributed by atoms with van der Waals surface area (Å²) in [5.74, 6) is -1.37. The Morgan fingerprint density at radius 2 is 1.83 bits per heavy atom. The lowest BCUT2D eigenvalue weighted by Gasteiger charge is -2.41. The van der Waals surface area contributed by atoms with Gasteiger partial charge in [0.15, 0.2) is 6.29 Å². The largest absolute Gasteiger partial charge is 0.458 e. The van der Waals surface area contributed by atoms with Crippen LogP contribution in [0.1, 0.15) is 19.8 Å². The van der Waals surface area contributed by atoms with E-state index in [0.717, 1.165) is 5.57 Å². The Kier molecular flexibility index (Phi) is 5.82. The van der Waals surface area contributed by atoms with Gasteiger partial charge in [-0.05, 0) is 24.7 Å². The number of aliphatic hydroxyl groups excluding tert-OH is 5. The minimum absolute atomic E-state index is 0.0711. The molecule has 30 heavy (non-hydrogen) atoms. The van der Waals surface area contributed by atoms with Gasteiger partial charge >= 0.3 is 5.97 Å². The molecule has 0 amide bonds. The first kappa shape index (κ1) is 21.9. The third kappa shape index (κ3) is 3.33. The van der Waals surface area contributed by atoms with Gasteiger partial charge in [0.05, 0.1) is 24.7 Å². The Balaban J connectivity index is 1.55. The van der Waals surface area contributed by atoms with Gasteiger partial charge in [0.1, 0.15) is 30.5 Å². The molecule has 4 fully saturated rings. The number of fused-ring (bicyclic) bond motifs is 3. The van der Waals surface area contributed by atoms with Crippen molar-refractivity contribution in [3.05, 3.63) is 24.3 Å². The van der Waals surface area contributed by atoms with Gasteiger partial charge in [0, 0.05) is 11.5 Å². The maximum Gasteiger partial charge on any atom is 0.334 e. The zero-order valence-corrected chi connectivity index (χ0v) is 16.8. The second-order valence-electron chi connectivity index (χ2n) is 9.00. The van der Waals surface area contributed by atoms with E-state index in [1.54, 1.807) is 0 Å². The second kappa shape index (κ2) is 7.98. The van der Waals surface area contributed by atoms with E-state index in [1.807, 2.05) is 6.92 Å². The molecule has 12 atom stereocenters. The fraction of sp³-hybridized carbons (Fsp3) is 0.762. The quantitative estimate of drug-likeness (QED) is 0.215. The van der Waals surface area contributed by atoms with E-state index in [2.05, 4.69) is 13.2 Å². The van der Waals surface area contributed by atoms with E-state index in [1.165, 1.54) is 0 Å². The summed E-state index contributed by atoms with van der Waals surface area (Å²) in [4.78, 5) is 12.1. The number of rotatable bonds is 3. The molecule has 4 rings (SSSR count). The van der Waals surface area contributed by atoms with E-state index in [0.29, 0.717) is 12.8 Å². The van der Waals surface area contributed by atoms with E-state index in [-0.39, 0.29) is 23.3 Å². The summed E-state index contributed by atoms with van der Waals surface area (Å²) in [6, 6.07) is 0. The monoisotopic (exact) mass is 426 g/mol. The summed E-state index contributed by atoms with van der Waals surface area (Å²) in [7, 11) is 0. The zero-order valence-electron chi connectivity index (χ0n) is 16.8. The molecule has 0 bridgehead atoms. The summed E-state index contributed by atoms with van der Waals surface area (Å²) in [5.41, 5.74) is 1.11. The van der Waals surface area contributed by atoms with E-state index in [4.69, 9.17) is 14.2 Å². The Labute approximate surface area is 174 Å². The first-order valence-corrected chi connectivity index (χ1v) is 10.4. The van der Waals surface area contributed by atoms with Crippen molar-refractivity contribution in [1.29, 1.82) is 0 Å². The van der Waals surface area contributed by atoms with Gasteiger partial charge in [-0.1, -0.05) is 25.7 Å². The summed E-state index contributed by atoms with van der Waals surface area (Å²) < 4.78 is 17.1. The molecule has 0 spiro atoms. The number of aliphatic hydroxyl groups is 5. The maximum atomic E-state index is 12.1. The lowest BCUT2D eigenvalue weighted by Crippen LogP contribution is -2.59. The molecule has 0 unspecified atom stereocenters. The van der Waals surface area contributed by atoms with Crippen molar-refractivity contribution in [3.8, 4) is 0 Å². The van der Waals surface area contributed by atoms with Crippen molar-refractivity contribution in [1.82, 2.24) is 0 Å². The molecule has 0 aromatic heterocycles. The van der Waals surface area contributed by atoms with Gasteiger partial charge in [-0.15, -0.1) is 0 Å². The third-order valence-corrected chi connectivity index (χ3v) is 7.35. The molecular weight excluding hydrogens is 396 g/mol. The van der Waals surface area contributed by atoms with E-state index >= 15 is 0 Å². The number of carbonyl (C=O) groups is 1. The van der Waals surface area contributed by atoms with Crippen LogP contribution in [0.15, 0.2) is 24.3 Å². The van der Waals surface area contributed by atoms with Gasteiger partial charge in [-0.2, -0.15) is 0 Å². The van der Waals surface area contributed by atoms with Crippen LogP contribution in [0.5, 0.6) is 0 Å². The van der Waals surface area contributed by atoms with Crippen molar-refractivity contribution >= 4 is 5.97 Å². The van der Waals surface area contributed by atoms with Crippen LogP contribution in [-0.2, 0) is 19.0 Å². The molecule has 2 aliphatic carbocycles. The fourth-order valence-electron chi connectivity index (χ4n) is 5.66. The van der Waals surface area contributed by atoms with Crippen molar-refractivity contribution in [2.45, 2.75) is 68.8 Å². The van der Waals surface area contributed by atoms with Gasteiger partial charge < -0.3 is 39.7 Å². The normalized spacial score (nSPS) is 51.3. The van der Waals surface area contributed by atoms with Crippen LogP contribution in [0.4, 0.5) is 0 Å². The predicted molar refractivity (Wildman–Crippen MR) is 102 cm³/mol. The minimum atomic E-state index is -1.52. The van der Waals surface area contributed by atoms with Crippen LogP contribution in [0.2, 0.25) is 0 Å². The van der Waals surface area contributed by atoms with E-state index in [9.17, 15) is 30.3 Å². The SMILES string of the molecule is C=C1C(=O)O[C@H]2[C@H]1[C@H](O)CC(=C)[C@@H]1C[C@H](O[C@@H]3O[C@H](CO)[C@@H](O)[C@H](O)[C@H]3O)[C@H](C)[C@H]21. The predicted octanol–water partition coefficient (Wildman–Crippen LogP) is -1.14. The molecule has 2 saturated heterocycles. The van der Waals surface area contributed by atoms with Gasteiger partial charge in [0.2, 0.25) is 0 Å². The van der Waals surface area contributed by atoms with Crippen molar-refractivity contribution < 1.29 is 44.5 Å². The van der Waals surface area contributed by atoms with Crippen LogP contribution >= 0.6 is 0 Å². The Morgan fingerprint density at radius 1 is 1.13 bits per heavy atom. The zero-order chi connectivity index (χ0) is 21.9. The Hall–Kier alpha value is -1.33. The molecule has 2 heterocycles. The van der Waals surface area contributed by atoms with Crippen molar-refractivity contribution in [3.63, 3.8) is 0 Å². The molecule has 9 heteroatoms. The van der Waals surface area contributed by atoms with Gasteiger partial charge in [-0.25, -0.2) is 4.79 Å². The van der Waals surface area contributed by atoms with Crippen molar-refractivity contribution in [2.75, 3.05) is 6.61 Å². The highest BCUT2D eigenvalue weighted by Gasteiger charge is 2.58. The molecule has 2 saturated carbocycles. The highest BCUT2D eigenvalue weighted by molar-refractivity contribution is 5.91. The summed E-state index contributed by atoms with van der Waals surface area (Å²) in [6.45, 7) is 9.36. The first-order valence-electron chi connectivity index (χ1n) is 10.4. The number of carbonyl (C=O) groups excluding carboxylic acids is 1. The number of esters is 1. The molecule has 0 aromatic carbocycles. The lowest BCUT2D eigenvalue weighted by molar-refractivity contribution is -0.313. The van der Waals surface area contributed by atoms with Crippen molar-refractivity contribution in [2.24, 2.45) is 23.7 Å². The van der Waals surface area contributed by atoms with Gasteiger partial charge in [0.25, 0.3) is 0 Å². The van der Waals surface area contributed by atoms with Crippen LogP contribution in [0, 0.1) is 23.7 Å². The van der Waals surface area contributed by atoms with Gasteiger partial charge in [-0.3, -0.25) is 0 Å². The number of hydrogen-bond acceptors (Lipinski definition) is 9. The molecule has 0 aromatic rings. The summed E-state index contributed by atoms with van der Waals surface area (Å²) >= 11 is 0. The Bertz CT molecular complexity index is 721. The number of ether oxygens (including phenoxy) is 3. The molecule has 0 radical (unpaired) electrons. The highest BCUT2D eigenvalue weighted by Crippen LogP contribution is 2.53. The minimum Gasteiger partial charge on any atom is -0.458 e. The van der Waals surface area contributed by atoms with Crippen LogP contribution in [0.25, 0.3) is 0 Å². The molecule has 2 aliphatic heterocycles. The third-order valence-electron chi connectivity index (χ3n) is 7.35. The standard InChI is InChI=1S/C21H30O9/c1-7-4-11(23)15-9(3)20(27)30-19(15)14-8(2)12(5-10(7)14)28-21-18(26)17(25)16(24)13(6-22)29-21/h8,10-19,21-26H,1,3-6H2,2H3/t8-,10-,11+,12-,13+,14-,15+,16+,17-,18+,19+,21+/m0/s1. The Morgan fingerprint density at radius 3 is 2.50 bits per heavy atom. The molecular formula is C21H30O9. The highest BCUT2D eigenvalue weighted by atomic mass is 16.7. The second-order valence-corrected chi connectivity index (χ2v) is 9.00.